The van der Waals surface area contributed by atoms with Crippen LogP contribution in [0.1, 0.15) is 25.0 Å². The van der Waals surface area contributed by atoms with Crippen LogP contribution >= 0.6 is 0 Å². The zero-order chi connectivity index (χ0) is 23.9. The van der Waals surface area contributed by atoms with Gasteiger partial charge in [0.15, 0.2) is 0 Å². The molecule has 2 rings (SSSR count). The molecule has 9 heteroatoms. The Kier molecular flexibility index (Phi) is 8.65. The van der Waals surface area contributed by atoms with E-state index in [1.165, 1.54) is 11.9 Å². The highest BCUT2D eigenvalue weighted by atomic mass is 32.2. The molecule has 0 heterocycles. The summed E-state index contributed by atoms with van der Waals surface area (Å²) >= 11 is 0. The Labute approximate surface area is 190 Å². The zero-order valence-corrected chi connectivity index (χ0v) is 20.0. The van der Waals surface area contributed by atoms with Gasteiger partial charge in [-0.2, -0.15) is 0 Å². The van der Waals surface area contributed by atoms with Crippen LogP contribution in [0.5, 0.6) is 5.75 Å². The van der Waals surface area contributed by atoms with Crippen molar-refractivity contribution in [3.63, 3.8) is 0 Å². The number of anilines is 1. The molecule has 0 bridgehead atoms. The molecule has 0 aliphatic heterocycles. The van der Waals surface area contributed by atoms with Crippen molar-refractivity contribution in [2.75, 3.05) is 30.8 Å². The van der Waals surface area contributed by atoms with Gasteiger partial charge in [-0.3, -0.25) is 13.9 Å². The molecule has 0 fully saturated rings. The Bertz CT molecular complexity index is 1040. The number of sulfonamides is 1. The van der Waals surface area contributed by atoms with Crippen LogP contribution in [-0.4, -0.2) is 57.6 Å². The molecule has 8 nitrogen and oxygen atoms in total. The van der Waals surface area contributed by atoms with E-state index >= 15 is 0 Å². The van der Waals surface area contributed by atoms with Gasteiger partial charge in [-0.1, -0.05) is 42.0 Å². The van der Waals surface area contributed by atoms with Crippen LogP contribution in [0, 0.1) is 6.92 Å². The fourth-order valence-electron chi connectivity index (χ4n) is 3.22. The number of rotatable bonds is 10. The number of hydrogen-bond donors (Lipinski definition) is 1. The van der Waals surface area contributed by atoms with Gasteiger partial charge in [-0.15, -0.1) is 0 Å². The Morgan fingerprint density at radius 2 is 1.72 bits per heavy atom. The second kappa shape index (κ2) is 11.0. The summed E-state index contributed by atoms with van der Waals surface area (Å²) in [6.45, 7) is 5.41. The van der Waals surface area contributed by atoms with E-state index in [1.807, 2.05) is 31.2 Å². The summed E-state index contributed by atoms with van der Waals surface area (Å²) < 4.78 is 31.8. The number of ether oxygens (including phenoxy) is 1. The average molecular weight is 462 g/mol. The average Bonchev–Trinajstić information content (AvgIpc) is 2.76. The molecule has 1 atom stereocenters. The van der Waals surface area contributed by atoms with Crippen molar-refractivity contribution >= 4 is 27.5 Å². The summed E-state index contributed by atoms with van der Waals surface area (Å²) in [4.78, 5) is 27.1. The Hall–Kier alpha value is -3.07. The Morgan fingerprint density at radius 1 is 1.09 bits per heavy atom. The number of amides is 2. The van der Waals surface area contributed by atoms with Crippen LogP contribution in [0.3, 0.4) is 0 Å². The van der Waals surface area contributed by atoms with Crippen LogP contribution in [0.2, 0.25) is 0 Å². The van der Waals surface area contributed by atoms with Gasteiger partial charge in [0, 0.05) is 13.6 Å². The van der Waals surface area contributed by atoms with Gasteiger partial charge in [0.2, 0.25) is 21.8 Å². The van der Waals surface area contributed by atoms with Gasteiger partial charge < -0.3 is 15.0 Å². The van der Waals surface area contributed by atoms with Crippen LogP contribution in [0.4, 0.5) is 5.69 Å². The van der Waals surface area contributed by atoms with Crippen molar-refractivity contribution < 1.29 is 22.7 Å². The summed E-state index contributed by atoms with van der Waals surface area (Å²) in [5.41, 5.74) is 2.18. The van der Waals surface area contributed by atoms with E-state index in [0.29, 0.717) is 12.4 Å². The lowest BCUT2D eigenvalue weighted by Crippen LogP contribution is -2.50. The van der Waals surface area contributed by atoms with E-state index < -0.39 is 28.5 Å². The first-order valence-corrected chi connectivity index (χ1v) is 12.2. The van der Waals surface area contributed by atoms with E-state index in [2.05, 4.69) is 5.32 Å². The topological polar surface area (TPSA) is 96.0 Å². The SMILES string of the molecule is CCOc1ccccc1N(CC(=O)N(Cc1ccc(C)cc1)C(C)C(=O)NC)S(C)(=O)=O. The predicted octanol–water partition coefficient (Wildman–Crippen LogP) is 2.32. The van der Waals surface area contributed by atoms with Gasteiger partial charge in [0.25, 0.3) is 0 Å². The third-order valence-electron chi connectivity index (χ3n) is 5.00. The molecule has 2 aromatic carbocycles. The first-order valence-electron chi connectivity index (χ1n) is 10.3. The lowest BCUT2D eigenvalue weighted by atomic mass is 10.1. The fourth-order valence-corrected chi connectivity index (χ4v) is 4.07. The minimum absolute atomic E-state index is 0.165. The highest BCUT2D eigenvalue weighted by molar-refractivity contribution is 7.92. The number of carbonyl (C=O) groups is 2. The molecular weight excluding hydrogens is 430 g/mol. The molecule has 0 aromatic heterocycles. The highest BCUT2D eigenvalue weighted by Gasteiger charge is 2.30. The summed E-state index contributed by atoms with van der Waals surface area (Å²) in [6.07, 6.45) is 1.04. The molecule has 1 unspecified atom stereocenters. The number of benzene rings is 2. The zero-order valence-electron chi connectivity index (χ0n) is 19.2. The van der Waals surface area contributed by atoms with Gasteiger partial charge >= 0.3 is 0 Å². The quantitative estimate of drug-likeness (QED) is 0.586. The normalized spacial score (nSPS) is 12.0. The third kappa shape index (κ3) is 6.46. The molecule has 2 aromatic rings. The molecule has 2 amide bonds. The number of aryl methyl sites for hydroxylation is 1. The van der Waals surface area contributed by atoms with E-state index in [9.17, 15) is 18.0 Å². The molecule has 174 valence electrons. The number of hydrogen-bond acceptors (Lipinski definition) is 5. The molecule has 0 aliphatic carbocycles. The molecule has 0 aliphatic rings. The smallest absolute Gasteiger partial charge is 0.244 e. The van der Waals surface area contributed by atoms with Crippen molar-refractivity contribution in [3.05, 3.63) is 59.7 Å². The van der Waals surface area contributed by atoms with E-state index in [1.54, 1.807) is 38.1 Å². The lowest BCUT2D eigenvalue weighted by molar-refractivity contribution is -0.139. The van der Waals surface area contributed by atoms with Crippen LogP contribution in [0.15, 0.2) is 48.5 Å². The van der Waals surface area contributed by atoms with E-state index in [-0.39, 0.29) is 18.1 Å². The molecule has 0 radical (unpaired) electrons. The standard InChI is InChI=1S/C23H31N3O5S/c1-6-31-21-10-8-7-9-20(21)26(32(5,29)30)16-22(27)25(18(3)23(28)24-4)15-19-13-11-17(2)12-14-19/h7-14,18H,6,15-16H2,1-5H3,(H,24,28). The maximum atomic E-state index is 13.4. The van der Waals surface area contributed by atoms with Crippen LogP contribution in [0.25, 0.3) is 0 Å². The Balaban J connectivity index is 2.41. The van der Waals surface area contributed by atoms with Crippen LogP contribution < -0.4 is 14.4 Å². The summed E-state index contributed by atoms with van der Waals surface area (Å²) in [5.74, 6) is -0.484. The van der Waals surface area contributed by atoms with E-state index in [4.69, 9.17) is 4.74 Å². The van der Waals surface area contributed by atoms with E-state index in [0.717, 1.165) is 21.7 Å². The second-order valence-electron chi connectivity index (χ2n) is 7.47. The summed E-state index contributed by atoms with van der Waals surface area (Å²) in [7, 11) is -2.32. The van der Waals surface area contributed by atoms with Gasteiger partial charge in [-0.05, 0) is 38.5 Å². The van der Waals surface area contributed by atoms with Crippen molar-refractivity contribution in [2.24, 2.45) is 0 Å². The third-order valence-corrected chi connectivity index (χ3v) is 6.13. The number of likely N-dealkylation sites (N-methyl/N-ethyl adjacent to an activating group) is 1. The first kappa shape index (κ1) is 25.2. The highest BCUT2D eigenvalue weighted by Crippen LogP contribution is 2.30. The maximum absolute atomic E-state index is 13.4. The molecule has 0 saturated carbocycles. The summed E-state index contributed by atoms with van der Waals surface area (Å²) in [6, 6.07) is 13.5. The maximum Gasteiger partial charge on any atom is 0.244 e. The van der Waals surface area contributed by atoms with Crippen molar-refractivity contribution in [3.8, 4) is 5.75 Å². The largest absolute Gasteiger partial charge is 0.492 e. The minimum atomic E-state index is -3.81. The monoisotopic (exact) mass is 461 g/mol. The number of nitrogens with one attached hydrogen (secondary N) is 1. The predicted molar refractivity (Wildman–Crippen MR) is 125 cm³/mol. The molecular formula is C23H31N3O5S. The first-order chi connectivity index (χ1) is 15.1. The second-order valence-corrected chi connectivity index (χ2v) is 9.37. The van der Waals surface area contributed by atoms with Crippen LogP contribution in [-0.2, 0) is 26.2 Å². The number of para-hydroxylation sites is 2. The van der Waals surface area contributed by atoms with Gasteiger partial charge in [-0.25, -0.2) is 8.42 Å². The number of carbonyl (C=O) groups excluding carboxylic acids is 2. The molecule has 0 spiro atoms. The Morgan fingerprint density at radius 3 is 2.28 bits per heavy atom. The molecule has 0 saturated heterocycles. The fraction of sp³-hybridized carbons (Fsp3) is 0.391. The van der Waals surface area contributed by atoms with Crippen molar-refractivity contribution in [2.45, 2.75) is 33.4 Å². The molecule has 1 N–H and O–H groups in total. The van der Waals surface area contributed by atoms with Gasteiger partial charge in [0.05, 0.1) is 18.6 Å². The molecule has 32 heavy (non-hydrogen) atoms. The number of nitrogens with zero attached hydrogens (tertiary/aromatic N) is 2. The summed E-state index contributed by atoms with van der Waals surface area (Å²) in [5, 5.41) is 2.55. The van der Waals surface area contributed by atoms with Crippen molar-refractivity contribution in [1.82, 2.24) is 10.2 Å². The minimum Gasteiger partial charge on any atom is -0.492 e. The van der Waals surface area contributed by atoms with Crippen molar-refractivity contribution in [1.29, 1.82) is 0 Å². The van der Waals surface area contributed by atoms with Gasteiger partial charge in [0.1, 0.15) is 18.3 Å². The lowest BCUT2D eigenvalue weighted by Gasteiger charge is -2.31.